The number of halogens is 1. The van der Waals surface area contributed by atoms with Crippen molar-refractivity contribution in [1.82, 2.24) is 4.57 Å². The lowest BCUT2D eigenvalue weighted by Crippen LogP contribution is -2.14. The molecule has 9 heteroatoms. The Morgan fingerprint density at radius 3 is 2.43 bits per heavy atom. The zero-order valence-corrected chi connectivity index (χ0v) is 19.0. The summed E-state index contributed by atoms with van der Waals surface area (Å²) in [5.74, 6) is -0.395. The number of amides is 1. The number of hydrogen-bond acceptors (Lipinski definition) is 4. The minimum Gasteiger partial charge on any atom is -0.319 e. The molecule has 1 amide bonds. The Kier molecular flexibility index (Phi) is 5.59. The molecule has 3 aromatic carbocycles. The summed E-state index contributed by atoms with van der Waals surface area (Å²) in [6.45, 7) is 0. The Balaban J connectivity index is 1.58. The molecule has 30 heavy (non-hydrogen) atoms. The van der Waals surface area contributed by atoms with Crippen molar-refractivity contribution in [3.8, 4) is 0 Å². The maximum absolute atomic E-state index is 12.6. The third-order valence-electron chi connectivity index (χ3n) is 4.41. The Hall–Kier alpha value is -2.75. The second kappa shape index (κ2) is 8.17. The standard InChI is InChI=1S/C21H16BrN3O3S2/c1-25-18-12-9-15(22)13-19(18)29-21(25)23-20(26)14-7-10-16(11-8-14)24-30(27,28)17-5-3-2-4-6-17/h2-13,24H,1H3. The third-order valence-corrected chi connectivity index (χ3v) is 7.39. The van der Waals surface area contributed by atoms with E-state index in [1.807, 2.05) is 29.8 Å². The molecule has 0 bridgehead atoms. The average Bonchev–Trinajstić information content (AvgIpc) is 3.03. The molecule has 0 radical (unpaired) electrons. The normalized spacial score (nSPS) is 12.3. The second-order valence-electron chi connectivity index (χ2n) is 6.47. The first-order chi connectivity index (χ1) is 14.3. The van der Waals surface area contributed by atoms with Crippen molar-refractivity contribution < 1.29 is 13.2 Å². The molecular formula is C21H16BrN3O3S2. The number of fused-ring (bicyclic) bond motifs is 1. The predicted molar refractivity (Wildman–Crippen MR) is 122 cm³/mol. The number of rotatable bonds is 4. The van der Waals surface area contributed by atoms with E-state index >= 15 is 0 Å². The van der Waals surface area contributed by atoms with Gasteiger partial charge in [0.25, 0.3) is 15.9 Å². The molecular weight excluding hydrogens is 486 g/mol. The van der Waals surface area contributed by atoms with Crippen molar-refractivity contribution in [2.45, 2.75) is 4.90 Å². The Morgan fingerprint density at radius 1 is 1.03 bits per heavy atom. The van der Waals surface area contributed by atoms with Gasteiger partial charge in [0.1, 0.15) is 0 Å². The van der Waals surface area contributed by atoms with E-state index in [0.29, 0.717) is 16.1 Å². The van der Waals surface area contributed by atoms with E-state index in [4.69, 9.17) is 0 Å². The van der Waals surface area contributed by atoms with Gasteiger partial charge in [-0.15, -0.1) is 0 Å². The molecule has 1 N–H and O–H groups in total. The molecule has 6 nitrogen and oxygen atoms in total. The highest BCUT2D eigenvalue weighted by atomic mass is 79.9. The Labute approximate surface area is 185 Å². The lowest BCUT2D eigenvalue weighted by atomic mass is 10.2. The van der Waals surface area contributed by atoms with Gasteiger partial charge < -0.3 is 4.57 Å². The summed E-state index contributed by atoms with van der Waals surface area (Å²) in [5.41, 5.74) is 1.73. The van der Waals surface area contributed by atoms with Gasteiger partial charge >= 0.3 is 0 Å². The molecule has 0 atom stereocenters. The largest absolute Gasteiger partial charge is 0.319 e. The first-order valence-corrected chi connectivity index (χ1v) is 11.9. The molecule has 0 aliphatic carbocycles. The molecule has 4 rings (SSSR count). The van der Waals surface area contributed by atoms with E-state index in [2.05, 4.69) is 25.6 Å². The maximum Gasteiger partial charge on any atom is 0.279 e. The molecule has 1 aromatic heterocycles. The number of anilines is 1. The van der Waals surface area contributed by atoms with E-state index in [1.54, 1.807) is 42.5 Å². The van der Waals surface area contributed by atoms with Gasteiger partial charge in [-0.1, -0.05) is 45.5 Å². The van der Waals surface area contributed by atoms with Gasteiger partial charge in [0.2, 0.25) is 0 Å². The maximum atomic E-state index is 12.6. The third kappa shape index (κ3) is 4.23. The van der Waals surface area contributed by atoms with E-state index in [9.17, 15) is 13.2 Å². The van der Waals surface area contributed by atoms with E-state index in [1.165, 1.54) is 23.5 Å². The number of carbonyl (C=O) groups is 1. The molecule has 0 fully saturated rings. The molecule has 0 unspecified atom stereocenters. The van der Waals surface area contributed by atoms with E-state index < -0.39 is 15.9 Å². The fraction of sp³-hybridized carbons (Fsp3) is 0.0476. The number of sulfonamides is 1. The predicted octanol–water partition coefficient (Wildman–Crippen LogP) is 4.54. The van der Waals surface area contributed by atoms with Crippen LogP contribution < -0.4 is 9.52 Å². The van der Waals surface area contributed by atoms with Crippen LogP contribution in [-0.4, -0.2) is 18.9 Å². The van der Waals surface area contributed by atoms with Crippen molar-refractivity contribution in [2.75, 3.05) is 4.72 Å². The van der Waals surface area contributed by atoms with Crippen LogP contribution >= 0.6 is 27.3 Å². The van der Waals surface area contributed by atoms with Gasteiger partial charge in [0, 0.05) is 22.8 Å². The van der Waals surface area contributed by atoms with Crippen molar-refractivity contribution >= 4 is 59.1 Å². The average molecular weight is 502 g/mol. The van der Waals surface area contributed by atoms with E-state index in [0.717, 1.165) is 14.7 Å². The molecule has 0 spiro atoms. The molecule has 152 valence electrons. The lowest BCUT2D eigenvalue weighted by molar-refractivity contribution is 0.0998. The number of nitrogens with zero attached hydrogens (tertiary/aromatic N) is 2. The first-order valence-electron chi connectivity index (χ1n) is 8.85. The summed E-state index contributed by atoms with van der Waals surface area (Å²) in [5, 5.41) is 0. The quantitative estimate of drug-likeness (QED) is 0.445. The molecule has 0 aliphatic rings. The number of thiazole rings is 1. The molecule has 0 saturated heterocycles. The molecule has 4 aromatic rings. The van der Waals surface area contributed by atoms with Gasteiger partial charge in [-0.3, -0.25) is 9.52 Å². The highest BCUT2D eigenvalue weighted by Crippen LogP contribution is 2.22. The van der Waals surface area contributed by atoms with Crippen molar-refractivity contribution in [3.63, 3.8) is 0 Å². The minimum atomic E-state index is -3.68. The topological polar surface area (TPSA) is 80.5 Å². The number of hydrogen-bond donors (Lipinski definition) is 1. The summed E-state index contributed by atoms with van der Waals surface area (Å²) in [4.78, 5) is 17.6. The van der Waals surface area contributed by atoms with Crippen LogP contribution in [0, 0.1) is 0 Å². The second-order valence-corrected chi connectivity index (χ2v) is 10.1. The van der Waals surface area contributed by atoms with Crippen LogP contribution in [-0.2, 0) is 17.1 Å². The summed E-state index contributed by atoms with van der Waals surface area (Å²) in [6.07, 6.45) is 0. The minimum absolute atomic E-state index is 0.170. The van der Waals surface area contributed by atoms with Crippen LogP contribution in [0.1, 0.15) is 10.4 Å². The summed E-state index contributed by atoms with van der Waals surface area (Å²) < 4.78 is 31.2. The number of aromatic nitrogens is 1. The fourth-order valence-electron chi connectivity index (χ4n) is 2.86. The zero-order valence-electron chi connectivity index (χ0n) is 15.7. The number of nitrogens with one attached hydrogen (secondary N) is 1. The SMILES string of the molecule is Cn1c(=NC(=O)c2ccc(NS(=O)(=O)c3ccccc3)cc2)sc2cc(Br)ccc21. The van der Waals surface area contributed by atoms with Gasteiger partial charge in [0.15, 0.2) is 4.80 Å². The van der Waals surface area contributed by atoms with Crippen LogP contribution in [0.15, 0.2) is 87.2 Å². The van der Waals surface area contributed by atoms with Crippen molar-refractivity contribution in [2.24, 2.45) is 12.0 Å². The van der Waals surface area contributed by atoms with Crippen LogP contribution in [0.4, 0.5) is 5.69 Å². The number of carbonyl (C=O) groups excluding carboxylic acids is 1. The van der Waals surface area contributed by atoms with Crippen LogP contribution in [0.2, 0.25) is 0 Å². The first kappa shape index (κ1) is 20.5. The van der Waals surface area contributed by atoms with Gasteiger partial charge in [-0.25, -0.2) is 8.42 Å². The summed E-state index contributed by atoms with van der Waals surface area (Å²) >= 11 is 4.87. The lowest BCUT2D eigenvalue weighted by Gasteiger charge is -2.08. The monoisotopic (exact) mass is 501 g/mol. The summed E-state index contributed by atoms with van der Waals surface area (Å²) in [6, 6.07) is 20.2. The highest BCUT2D eigenvalue weighted by Gasteiger charge is 2.14. The molecule has 0 aliphatic heterocycles. The van der Waals surface area contributed by atoms with Crippen LogP contribution in [0.25, 0.3) is 10.2 Å². The van der Waals surface area contributed by atoms with Gasteiger partial charge in [-0.2, -0.15) is 4.99 Å². The van der Waals surface area contributed by atoms with Crippen molar-refractivity contribution in [1.29, 1.82) is 0 Å². The number of aryl methyl sites for hydroxylation is 1. The van der Waals surface area contributed by atoms with E-state index in [-0.39, 0.29) is 4.90 Å². The smallest absolute Gasteiger partial charge is 0.279 e. The van der Waals surface area contributed by atoms with Crippen LogP contribution in [0.3, 0.4) is 0 Å². The number of benzene rings is 3. The summed E-state index contributed by atoms with van der Waals surface area (Å²) in [7, 11) is -1.82. The van der Waals surface area contributed by atoms with Crippen molar-refractivity contribution in [3.05, 3.63) is 87.6 Å². The zero-order chi connectivity index (χ0) is 21.3. The van der Waals surface area contributed by atoms with Crippen LogP contribution in [0.5, 0.6) is 0 Å². The Bertz CT molecular complexity index is 1410. The van der Waals surface area contributed by atoms with Gasteiger partial charge in [0.05, 0.1) is 15.1 Å². The van der Waals surface area contributed by atoms with Gasteiger partial charge in [-0.05, 0) is 54.6 Å². The Morgan fingerprint density at radius 2 is 1.73 bits per heavy atom. The molecule has 0 saturated carbocycles. The molecule has 1 heterocycles. The fourth-order valence-corrected chi connectivity index (χ4v) is 5.51. The highest BCUT2D eigenvalue weighted by molar-refractivity contribution is 9.10.